The van der Waals surface area contributed by atoms with Crippen molar-refractivity contribution in [1.82, 2.24) is 9.88 Å². The summed E-state index contributed by atoms with van der Waals surface area (Å²) in [5.41, 5.74) is 8.56. The van der Waals surface area contributed by atoms with Crippen LogP contribution >= 0.6 is 0 Å². The van der Waals surface area contributed by atoms with Crippen LogP contribution in [0.25, 0.3) is 0 Å². The fraction of sp³-hybridized carbons (Fsp3) is 0.706. The maximum Gasteiger partial charge on any atom is 0.131 e. The van der Waals surface area contributed by atoms with Crippen LogP contribution in [0.5, 0.6) is 0 Å². The molecule has 2 N–H and O–H groups in total. The van der Waals surface area contributed by atoms with E-state index >= 15 is 0 Å². The lowest BCUT2D eigenvalue weighted by molar-refractivity contribution is 0.266. The molecule has 0 radical (unpaired) electrons. The molecule has 4 nitrogen and oxygen atoms in total. The zero-order valence-electron chi connectivity index (χ0n) is 14.1. The van der Waals surface area contributed by atoms with E-state index in [1.165, 1.54) is 11.1 Å². The lowest BCUT2D eigenvalue weighted by atomic mass is 10.0. The highest BCUT2D eigenvalue weighted by Crippen LogP contribution is 2.27. The number of hydrogen-bond acceptors (Lipinski definition) is 4. The van der Waals surface area contributed by atoms with E-state index in [0.717, 1.165) is 31.7 Å². The van der Waals surface area contributed by atoms with E-state index in [0.29, 0.717) is 12.0 Å². The maximum absolute atomic E-state index is 6.04. The highest BCUT2D eigenvalue weighted by Gasteiger charge is 2.32. The van der Waals surface area contributed by atoms with Gasteiger partial charge in [0.25, 0.3) is 0 Å². The van der Waals surface area contributed by atoms with Crippen LogP contribution in [0.4, 0.5) is 5.82 Å². The number of nitrogens with zero attached hydrogens (tertiary/aromatic N) is 3. The number of likely N-dealkylation sites (N-methyl/N-ethyl adjacent to an activating group) is 1. The van der Waals surface area contributed by atoms with Gasteiger partial charge >= 0.3 is 0 Å². The molecule has 1 aromatic heterocycles. The quantitative estimate of drug-likeness (QED) is 0.901. The van der Waals surface area contributed by atoms with Crippen LogP contribution in [-0.4, -0.2) is 49.2 Å². The zero-order chi connectivity index (χ0) is 15.6. The van der Waals surface area contributed by atoms with Crippen LogP contribution in [0.15, 0.2) is 12.3 Å². The van der Waals surface area contributed by atoms with Crippen LogP contribution < -0.4 is 10.6 Å². The molecule has 1 saturated heterocycles. The Labute approximate surface area is 129 Å². The first kappa shape index (κ1) is 16.2. The predicted molar refractivity (Wildman–Crippen MR) is 89.8 cm³/mol. The molecule has 1 fully saturated rings. The molecule has 2 heterocycles. The summed E-state index contributed by atoms with van der Waals surface area (Å²) in [6.07, 6.45) is 3.93. The lowest BCUT2D eigenvalue weighted by Gasteiger charge is -2.23. The molecule has 1 aliphatic heterocycles. The van der Waals surface area contributed by atoms with Gasteiger partial charge in [-0.05, 0) is 50.9 Å². The van der Waals surface area contributed by atoms with Crippen molar-refractivity contribution in [1.29, 1.82) is 0 Å². The molecule has 0 aromatic carbocycles. The Morgan fingerprint density at radius 3 is 2.67 bits per heavy atom. The fourth-order valence-electron chi connectivity index (χ4n) is 3.31. The highest BCUT2D eigenvalue weighted by molar-refractivity contribution is 5.49. The average molecular weight is 290 g/mol. The molecular weight excluding hydrogens is 260 g/mol. The van der Waals surface area contributed by atoms with Crippen molar-refractivity contribution in [2.75, 3.05) is 32.1 Å². The number of hydrogen-bond donors (Lipinski definition) is 1. The molecule has 0 amide bonds. The van der Waals surface area contributed by atoms with E-state index in [-0.39, 0.29) is 6.04 Å². The molecule has 3 atom stereocenters. The minimum Gasteiger partial charge on any atom is -0.354 e. The second-order valence-corrected chi connectivity index (χ2v) is 6.77. The fourth-order valence-corrected chi connectivity index (χ4v) is 3.31. The van der Waals surface area contributed by atoms with E-state index in [2.05, 4.69) is 50.7 Å². The Morgan fingerprint density at radius 1 is 1.43 bits per heavy atom. The summed E-state index contributed by atoms with van der Waals surface area (Å²) in [6, 6.07) is 3.10. The molecule has 2 rings (SSSR count). The summed E-state index contributed by atoms with van der Waals surface area (Å²) in [4.78, 5) is 9.48. The summed E-state index contributed by atoms with van der Waals surface area (Å²) < 4.78 is 0. The van der Waals surface area contributed by atoms with Gasteiger partial charge in [-0.25, -0.2) is 4.98 Å². The molecule has 1 aliphatic rings. The third-order valence-corrected chi connectivity index (χ3v) is 4.67. The monoisotopic (exact) mass is 290 g/mol. The van der Waals surface area contributed by atoms with Crippen molar-refractivity contribution < 1.29 is 0 Å². The molecule has 0 aliphatic carbocycles. The van der Waals surface area contributed by atoms with Gasteiger partial charge in [0.1, 0.15) is 5.82 Å². The van der Waals surface area contributed by atoms with Gasteiger partial charge in [-0.3, -0.25) is 0 Å². The van der Waals surface area contributed by atoms with Crippen molar-refractivity contribution in [3.63, 3.8) is 0 Å². The largest absolute Gasteiger partial charge is 0.354 e. The molecule has 118 valence electrons. The summed E-state index contributed by atoms with van der Waals surface area (Å²) in [6.45, 7) is 8.78. The van der Waals surface area contributed by atoms with Crippen molar-refractivity contribution in [2.45, 2.75) is 45.7 Å². The summed E-state index contributed by atoms with van der Waals surface area (Å²) >= 11 is 0. The van der Waals surface area contributed by atoms with Gasteiger partial charge in [-0.15, -0.1) is 0 Å². The second-order valence-electron chi connectivity index (χ2n) is 6.77. The van der Waals surface area contributed by atoms with Gasteiger partial charge in [-0.1, -0.05) is 19.9 Å². The van der Waals surface area contributed by atoms with Gasteiger partial charge in [0.15, 0.2) is 0 Å². The smallest absolute Gasteiger partial charge is 0.131 e. The van der Waals surface area contributed by atoms with E-state index < -0.39 is 0 Å². The summed E-state index contributed by atoms with van der Waals surface area (Å²) in [5, 5.41) is 0. The molecule has 0 saturated carbocycles. The van der Waals surface area contributed by atoms with E-state index in [4.69, 9.17) is 10.7 Å². The molecule has 0 spiro atoms. The highest BCUT2D eigenvalue weighted by atomic mass is 15.3. The first-order valence-corrected chi connectivity index (χ1v) is 8.04. The van der Waals surface area contributed by atoms with Crippen molar-refractivity contribution in [2.24, 2.45) is 11.7 Å². The normalized spacial score (nSPS) is 23.9. The van der Waals surface area contributed by atoms with Gasteiger partial charge < -0.3 is 15.5 Å². The van der Waals surface area contributed by atoms with Gasteiger partial charge in [0, 0.05) is 31.4 Å². The minimum atomic E-state index is 0.238. The van der Waals surface area contributed by atoms with Gasteiger partial charge in [0.05, 0.1) is 0 Å². The van der Waals surface area contributed by atoms with Gasteiger partial charge in [-0.2, -0.15) is 0 Å². The Morgan fingerprint density at radius 2 is 2.14 bits per heavy atom. The minimum absolute atomic E-state index is 0.238. The Kier molecular flexibility index (Phi) is 5.22. The SMILES string of the molecule is CCC(N)Cc1cnc(N2CC(C)C(N(C)C)C2)c(C)c1. The molecule has 3 unspecified atom stereocenters. The zero-order valence-corrected chi connectivity index (χ0v) is 14.1. The number of aryl methyl sites for hydroxylation is 1. The lowest BCUT2D eigenvalue weighted by Crippen LogP contribution is -2.34. The van der Waals surface area contributed by atoms with Crippen molar-refractivity contribution in [3.8, 4) is 0 Å². The Hall–Kier alpha value is -1.13. The van der Waals surface area contributed by atoms with Crippen LogP contribution in [0.2, 0.25) is 0 Å². The Balaban J connectivity index is 2.11. The topological polar surface area (TPSA) is 45.4 Å². The van der Waals surface area contributed by atoms with E-state index in [1.54, 1.807) is 0 Å². The summed E-state index contributed by atoms with van der Waals surface area (Å²) in [5.74, 6) is 1.81. The second kappa shape index (κ2) is 6.75. The standard InChI is InChI=1S/C17H30N4/c1-6-15(18)8-14-7-12(2)17(19-9-14)21-10-13(3)16(11-21)20(4)5/h7,9,13,15-16H,6,8,10-11,18H2,1-5H3. The summed E-state index contributed by atoms with van der Waals surface area (Å²) in [7, 11) is 4.33. The van der Waals surface area contributed by atoms with Crippen LogP contribution in [0, 0.1) is 12.8 Å². The molecule has 1 aromatic rings. The third kappa shape index (κ3) is 3.74. The molecular formula is C17H30N4. The van der Waals surface area contributed by atoms with Crippen LogP contribution in [-0.2, 0) is 6.42 Å². The first-order valence-electron chi connectivity index (χ1n) is 8.04. The number of pyridine rings is 1. The average Bonchev–Trinajstić information content (AvgIpc) is 2.80. The third-order valence-electron chi connectivity index (χ3n) is 4.67. The van der Waals surface area contributed by atoms with Crippen LogP contribution in [0.3, 0.4) is 0 Å². The predicted octanol–water partition coefficient (Wildman–Crippen LogP) is 2.06. The molecule has 4 heteroatoms. The van der Waals surface area contributed by atoms with E-state index in [1.807, 2.05) is 6.20 Å². The van der Waals surface area contributed by atoms with Gasteiger partial charge in [0.2, 0.25) is 0 Å². The van der Waals surface area contributed by atoms with E-state index in [9.17, 15) is 0 Å². The van der Waals surface area contributed by atoms with Crippen molar-refractivity contribution >= 4 is 5.82 Å². The number of rotatable bonds is 5. The molecule has 21 heavy (non-hydrogen) atoms. The maximum atomic E-state index is 6.04. The first-order chi connectivity index (χ1) is 9.92. The molecule has 0 bridgehead atoms. The van der Waals surface area contributed by atoms with Crippen molar-refractivity contribution in [3.05, 3.63) is 23.4 Å². The van der Waals surface area contributed by atoms with Crippen LogP contribution in [0.1, 0.15) is 31.4 Å². The number of aromatic nitrogens is 1. The number of nitrogens with two attached hydrogens (primary N) is 1. The number of anilines is 1. The Bertz CT molecular complexity index is 472.